The topological polar surface area (TPSA) is 148 Å². The van der Waals surface area contributed by atoms with Gasteiger partial charge in [-0.15, -0.1) is 0 Å². The van der Waals surface area contributed by atoms with Crippen LogP contribution in [0.1, 0.15) is 11.4 Å². The van der Waals surface area contributed by atoms with E-state index in [1.165, 1.54) is 13.1 Å². The number of rotatable bonds is 7. The first-order chi connectivity index (χ1) is 18.9. The lowest BCUT2D eigenvalue weighted by Crippen LogP contribution is -2.43. The maximum Gasteiger partial charge on any atom is 0.355 e. The number of nitro groups is 1. The summed E-state index contributed by atoms with van der Waals surface area (Å²) < 4.78 is 46.1. The minimum atomic E-state index is -1.43. The van der Waals surface area contributed by atoms with Crippen LogP contribution in [0.25, 0.3) is 10.9 Å². The molecule has 5 aromatic rings. The van der Waals surface area contributed by atoms with Crippen molar-refractivity contribution in [2.75, 3.05) is 5.32 Å². The standard InChI is InChI=1S/C23H17ClF3N9O4/c1-32-8-12-4-18(13(24)5-17(12)31-32)29-21-30-22(37)35(10-19-28-7-20(33(19)2)36(39)40)23(38)34(21)9-11-3-15(26)16(27)6-14(11)25/h3-8H,9-10H2,1-2H3,(H,29,30,37). The van der Waals surface area contributed by atoms with Crippen LogP contribution >= 0.6 is 11.6 Å². The van der Waals surface area contributed by atoms with Crippen molar-refractivity contribution in [2.24, 2.45) is 14.1 Å². The third-order valence-corrected chi connectivity index (χ3v) is 6.38. The van der Waals surface area contributed by atoms with E-state index in [-0.39, 0.29) is 28.3 Å². The second kappa shape index (κ2) is 9.96. The van der Waals surface area contributed by atoms with E-state index < -0.39 is 52.4 Å². The summed E-state index contributed by atoms with van der Waals surface area (Å²) in [5, 5.41) is 19.0. The normalized spacial score (nSPS) is 11.3. The number of imidazole rings is 1. The van der Waals surface area contributed by atoms with Gasteiger partial charge in [0.05, 0.1) is 29.8 Å². The SMILES string of the molecule is Cn1cc2cc(Nc3nc(=O)n(Cc4ncc([N+](=O)[O-])n4C)c(=O)n3Cc3cc(F)c(F)cc3F)c(Cl)cc2n1. The van der Waals surface area contributed by atoms with Crippen molar-refractivity contribution in [1.29, 1.82) is 0 Å². The Kier molecular flexibility index (Phi) is 6.62. The summed E-state index contributed by atoms with van der Waals surface area (Å²) in [4.78, 5) is 44.8. The zero-order valence-electron chi connectivity index (χ0n) is 20.6. The first kappa shape index (κ1) is 26.6. The Balaban J connectivity index is 1.65. The predicted octanol–water partition coefficient (Wildman–Crippen LogP) is 2.84. The highest BCUT2D eigenvalue weighted by Gasteiger charge is 2.22. The molecule has 13 nitrogen and oxygen atoms in total. The second-order valence-corrected chi connectivity index (χ2v) is 9.11. The van der Waals surface area contributed by atoms with Gasteiger partial charge < -0.3 is 15.4 Å². The van der Waals surface area contributed by atoms with Gasteiger partial charge in [-0.05, 0) is 23.1 Å². The summed E-state index contributed by atoms with van der Waals surface area (Å²) in [7, 11) is 3.02. The van der Waals surface area contributed by atoms with Gasteiger partial charge in [0, 0.05) is 30.3 Å². The fraction of sp³-hybridized carbons (Fsp3) is 0.174. The average Bonchev–Trinajstić information content (AvgIpc) is 3.43. The molecule has 0 bridgehead atoms. The molecule has 0 spiro atoms. The summed E-state index contributed by atoms with van der Waals surface area (Å²) in [5.74, 6) is -4.73. The second-order valence-electron chi connectivity index (χ2n) is 8.70. The number of nitrogens with one attached hydrogen (secondary N) is 1. The fourth-order valence-electron chi connectivity index (χ4n) is 4.04. The molecule has 0 fully saturated rings. The van der Waals surface area contributed by atoms with Gasteiger partial charge in [0.2, 0.25) is 11.8 Å². The average molecular weight is 576 g/mol. The van der Waals surface area contributed by atoms with Gasteiger partial charge in [-0.1, -0.05) is 11.6 Å². The van der Waals surface area contributed by atoms with Crippen LogP contribution in [0.15, 0.2) is 46.2 Å². The van der Waals surface area contributed by atoms with Crippen molar-refractivity contribution in [2.45, 2.75) is 13.1 Å². The number of aromatic nitrogens is 7. The zero-order valence-corrected chi connectivity index (χ0v) is 21.4. The molecular formula is C23H17ClF3N9O4. The predicted molar refractivity (Wildman–Crippen MR) is 136 cm³/mol. The van der Waals surface area contributed by atoms with Crippen LogP contribution in [-0.4, -0.2) is 38.4 Å². The molecule has 0 amide bonds. The van der Waals surface area contributed by atoms with E-state index in [0.717, 1.165) is 15.3 Å². The van der Waals surface area contributed by atoms with Gasteiger partial charge in [-0.25, -0.2) is 36.9 Å². The number of nitrogens with zero attached hydrogens (tertiary/aromatic N) is 8. The van der Waals surface area contributed by atoms with Gasteiger partial charge in [-0.2, -0.15) is 10.1 Å². The number of anilines is 2. The smallest absolute Gasteiger partial charge is 0.355 e. The largest absolute Gasteiger partial charge is 0.358 e. The monoisotopic (exact) mass is 575 g/mol. The molecule has 2 aromatic carbocycles. The van der Waals surface area contributed by atoms with Crippen molar-refractivity contribution >= 4 is 40.0 Å². The molecule has 40 heavy (non-hydrogen) atoms. The molecule has 5 rings (SSSR count). The van der Waals surface area contributed by atoms with Gasteiger partial charge in [0.15, 0.2) is 11.6 Å². The molecule has 0 radical (unpaired) electrons. The van der Waals surface area contributed by atoms with Crippen LogP contribution in [0.2, 0.25) is 5.02 Å². The number of hydrogen-bond donors (Lipinski definition) is 1. The highest BCUT2D eigenvalue weighted by molar-refractivity contribution is 6.34. The van der Waals surface area contributed by atoms with Crippen LogP contribution in [0.5, 0.6) is 0 Å². The molecule has 0 saturated carbocycles. The Labute approximate surface area is 225 Å². The minimum absolute atomic E-state index is 0.0240. The Morgan fingerprint density at radius 2 is 1.75 bits per heavy atom. The van der Waals surface area contributed by atoms with E-state index in [1.54, 1.807) is 24.0 Å². The number of hydrogen-bond acceptors (Lipinski definition) is 8. The van der Waals surface area contributed by atoms with Crippen LogP contribution in [0.4, 0.5) is 30.6 Å². The van der Waals surface area contributed by atoms with E-state index in [4.69, 9.17) is 11.6 Å². The first-order valence-electron chi connectivity index (χ1n) is 11.3. The van der Waals surface area contributed by atoms with E-state index >= 15 is 0 Å². The summed E-state index contributed by atoms with van der Waals surface area (Å²) in [6.07, 6.45) is 2.65. The molecule has 0 saturated heterocycles. The lowest BCUT2D eigenvalue weighted by molar-refractivity contribution is -0.391. The Hall–Kier alpha value is -4.99. The molecular weight excluding hydrogens is 559 g/mol. The van der Waals surface area contributed by atoms with Gasteiger partial charge in [-0.3, -0.25) is 9.25 Å². The first-order valence-corrected chi connectivity index (χ1v) is 11.7. The summed E-state index contributed by atoms with van der Waals surface area (Å²) >= 11 is 6.37. The molecule has 3 aromatic heterocycles. The van der Waals surface area contributed by atoms with E-state index in [9.17, 15) is 32.9 Å². The highest BCUT2D eigenvalue weighted by atomic mass is 35.5. The van der Waals surface area contributed by atoms with E-state index in [0.29, 0.717) is 27.6 Å². The van der Waals surface area contributed by atoms with Crippen LogP contribution < -0.4 is 16.7 Å². The van der Waals surface area contributed by atoms with E-state index in [2.05, 4.69) is 20.4 Å². The molecule has 17 heteroatoms. The van der Waals surface area contributed by atoms with Crippen molar-refractivity contribution < 1.29 is 18.1 Å². The van der Waals surface area contributed by atoms with Crippen LogP contribution in [0.3, 0.4) is 0 Å². The number of benzene rings is 2. The highest BCUT2D eigenvalue weighted by Crippen LogP contribution is 2.29. The van der Waals surface area contributed by atoms with Crippen molar-refractivity contribution in [3.05, 3.63) is 102 Å². The summed E-state index contributed by atoms with van der Waals surface area (Å²) in [5.41, 5.74) is -1.76. The van der Waals surface area contributed by atoms with Crippen LogP contribution in [0, 0.1) is 27.6 Å². The third kappa shape index (κ3) is 4.79. The van der Waals surface area contributed by atoms with Gasteiger partial charge in [0.1, 0.15) is 18.6 Å². The molecule has 3 heterocycles. The molecule has 1 N–H and O–H groups in total. The Morgan fingerprint density at radius 3 is 2.45 bits per heavy atom. The third-order valence-electron chi connectivity index (χ3n) is 6.07. The molecule has 0 atom stereocenters. The summed E-state index contributed by atoms with van der Waals surface area (Å²) in [6, 6.07) is 4.02. The minimum Gasteiger partial charge on any atom is -0.358 e. The van der Waals surface area contributed by atoms with Crippen LogP contribution in [-0.2, 0) is 27.2 Å². The molecule has 0 aliphatic heterocycles. The number of aryl methyl sites for hydroxylation is 1. The molecule has 206 valence electrons. The zero-order chi connectivity index (χ0) is 28.9. The van der Waals surface area contributed by atoms with Crippen molar-refractivity contribution in [3.63, 3.8) is 0 Å². The lowest BCUT2D eigenvalue weighted by Gasteiger charge is -2.16. The quantitative estimate of drug-likeness (QED) is 0.177. The molecule has 0 aliphatic rings. The Bertz CT molecular complexity index is 1950. The summed E-state index contributed by atoms with van der Waals surface area (Å²) in [6.45, 7) is -1.21. The Morgan fingerprint density at radius 1 is 1.02 bits per heavy atom. The molecule has 0 aliphatic carbocycles. The maximum absolute atomic E-state index is 14.6. The van der Waals surface area contributed by atoms with Crippen molar-refractivity contribution in [1.82, 2.24) is 33.4 Å². The van der Waals surface area contributed by atoms with Crippen molar-refractivity contribution in [3.8, 4) is 0 Å². The van der Waals surface area contributed by atoms with Gasteiger partial charge in [0.25, 0.3) is 0 Å². The molecule has 0 unspecified atom stereocenters. The fourth-order valence-corrected chi connectivity index (χ4v) is 4.24. The number of fused-ring (bicyclic) bond motifs is 1. The van der Waals surface area contributed by atoms with E-state index in [1.807, 2.05) is 0 Å². The van der Waals surface area contributed by atoms with Gasteiger partial charge >= 0.3 is 17.2 Å². The maximum atomic E-state index is 14.6. The number of halogens is 4. The lowest BCUT2D eigenvalue weighted by atomic mass is 10.2.